The Bertz CT molecular complexity index is 590. The summed E-state index contributed by atoms with van der Waals surface area (Å²) in [6, 6.07) is 1.68. The van der Waals surface area contributed by atoms with E-state index in [4.69, 9.17) is 14.6 Å². The molecule has 1 aliphatic heterocycles. The van der Waals surface area contributed by atoms with Gasteiger partial charge in [0.1, 0.15) is 5.65 Å². The van der Waals surface area contributed by atoms with Crippen LogP contribution in [0, 0.1) is 0 Å². The topological polar surface area (TPSA) is 89.4 Å². The molecule has 1 aliphatic rings. The Kier molecular flexibility index (Phi) is 2.43. The van der Waals surface area contributed by atoms with Crippen LogP contribution in [0.1, 0.15) is 6.23 Å². The number of aliphatic hydroxyl groups excluding tert-OH is 1. The Hall–Kier alpha value is -1.70. The highest BCUT2D eigenvalue weighted by Crippen LogP contribution is 2.23. The molecule has 0 spiro atoms. The zero-order valence-corrected chi connectivity index (χ0v) is 8.87. The Morgan fingerprint density at radius 1 is 1.65 bits per heavy atom. The van der Waals surface area contributed by atoms with E-state index in [2.05, 4.69) is 9.97 Å². The first-order chi connectivity index (χ1) is 8.29. The Morgan fingerprint density at radius 2 is 2.53 bits per heavy atom. The van der Waals surface area contributed by atoms with Gasteiger partial charge < -0.3 is 24.1 Å². The maximum Gasteiger partial charge on any atom is 0.260 e. The number of aromatic amines is 1. The standard InChI is InChI=1S/C10H11N3O4/c14-3-8-16-4-7(17-8)13-2-1-6-9(13)11-5-12-10(6)15/h1-2,5,7-8,14H,3-4H2,(H,11,12,15)/t7-,8-/m1/s1. The molecule has 0 amide bonds. The molecule has 2 atom stereocenters. The van der Waals surface area contributed by atoms with Crippen LogP contribution in [0.25, 0.3) is 11.0 Å². The van der Waals surface area contributed by atoms with Gasteiger partial charge in [0.25, 0.3) is 5.56 Å². The third-order valence-corrected chi connectivity index (χ3v) is 2.71. The molecule has 0 aromatic carbocycles. The van der Waals surface area contributed by atoms with E-state index < -0.39 is 6.29 Å². The maximum atomic E-state index is 11.5. The molecule has 7 heteroatoms. The van der Waals surface area contributed by atoms with E-state index in [1.165, 1.54) is 6.33 Å². The van der Waals surface area contributed by atoms with Crippen molar-refractivity contribution >= 4 is 11.0 Å². The number of ether oxygens (including phenoxy) is 2. The van der Waals surface area contributed by atoms with Crippen LogP contribution in [-0.4, -0.2) is 39.1 Å². The summed E-state index contributed by atoms with van der Waals surface area (Å²) in [7, 11) is 0. The fourth-order valence-electron chi connectivity index (χ4n) is 1.90. The lowest BCUT2D eigenvalue weighted by atomic mass is 10.4. The minimum absolute atomic E-state index is 0.189. The number of H-pyrrole nitrogens is 1. The van der Waals surface area contributed by atoms with Crippen LogP contribution in [0.5, 0.6) is 0 Å². The largest absolute Gasteiger partial charge is 0.391 e. The average molecular weight is 237 g/mol. The number of rotatable bonds is 2. The van der Waals surface area contributed by atoms with Gasteiger partial charge in [0.05, 0.1) is 24.9 Å². The molecular formula is C10H11N3O4. The van der Waals surface area contributed by atoms with Crippen LogP contribution in [0.3, 0.4) is 0 Å². The number of aliphatic hydroxyl groups is 1. The van der Waals surface area contributed by atoms with Crippen molar-refractivity contribution in [2.75, 3.05) is 13.2 Å². The Balaban J connectivity index is 2.02. The molecule has 3 heterocycles. The van der Waals surface area contributed by atoms with Crippen LogP contribution in [0.4, 0.5) is 0 Å². The summed E-state index contributed by atoms with van der Waals surface area (Å²) in [6.07, 6.45) is 2.10. The highest BCUT2D eigenvalue weighted by Gasteiger charge is 2.27. The number of hydrogen-bond donors (Lipinski definition) is 2. The van der Waals surface area contributed by atoms with Crippen molar-refractivity contribution in [1.29, 1.82) is 0 Å². The van der Waals surface area contributed by atoms with Gasteiger partial charge in [-0.2, -0.15) is 0 Å². The van der Waals surface area contributed by atoms with E-state index in [9.17, 15) is 4.79 Å². The number of hydrogen-bond acceptors (Lipinski definition) is 5. The normalized spacial score (nSPS) is 24.5. The molecule has 2 aromatic rings. The summed E-state index contributed by atoms with van der Waals surface area (Å²) < 4.78 is 12.4. The average Bonchev–Trinajstić information content (AvgIpc) is 2.94. The second-order valence-electron chi connectivity index (χ2n) is 3.73. The molecule has 17 heavy (non-hydrogen) atoms. The summed E-state index contributed by atoms with van der Waals surface area (Å²) in [4.78, 5) is 18.1. The smallest absolute Gasteiger partial charge is 0.260 e. The molecule has 1 saturated heterocycles. The van der Waals surface area contributed by atoms with Crippen LogP contribution >= 0.6 is 0 Å². The predicted octanol–water partition coefficient (Wildman–Crippen LogP) is -0.412. The maximum absolute atomic E-state index is 11.5. The van der Waals surface area contributed by atoms with Gasteiger partial charge in [-0.3, -0.25) is 4.79 Å². The monoisotopic (exact) mass is 237 g/mol. The molecule has 1 fully saturated rings. The molecule has 7 nitrogen and oxygen atoms in total. The summed E-state index contributed by atoms with van der Waals surface area (Å²) in [5.74, 6) is 0. The molecule has 2 aromatic heterocycles. The van der Waals surface area contributed by atoms with Crippen molar-refractivity contribution in [3.8, 4) is 0 Å². The van der Waals surface area contributed by atoms with E-state index in [0.717, 1.165) is 0 Å². The lowest BCUT2D eigenvalue weighted by Gasteiger charge is -2.11. The molecule has 90 valence electrons. The molecule has 3 rings (SSSR count). The van der Waals surface area contributed by atoms with Gasteiger partial charge >= 0.3 is 0 Å². The van der Waals surface area contributed by atoms with Crippen molar-refractivity contribution in [2.24, 2.45) is 0 Å². The summed E-state index contributed by atoms with van der Waals surface area (Å²) in [6.45, 7) is 0.132. The lowest BCUT2D eigenvalue weighted by molar-refractivity contribution is -0.0979. The van der Waals surface area contributed by atoms with Crippen molar-refractivity contribution in [2.45, 2.75) is 12.5 Å². The van der Waals surface area contributed by atoms with Gasteiger partial charge in [-0.1, -0.05) is 0 Å². The number of fused-ring (bicyclic) bond motifs is 1. The zero-order chi connectivity index (χ0) is 11.8. The SMILES string of the molecule is O=c1[nH]cnc2c1ccn2[C@H]1CO[C@@H](CO)O1. The Labute approximate surface area is 95.6 Å². The third kappa shape index (κ3) is 1.64. The first-order valence-corrected chi connectivity index (χ1v) is 5.22. The minimum Gasteiger partial charge on any atom is -0.391 e. The minimum atomic E-state index is -0.612. The molecular weight excluding hydrogens is 226 g/mol. The van der Waals surface area contributed by atoms with Gasteiger partial charge in [-0.15, -0.1) is 0 Å². The molecule has 0 saturated carbocycles. The van der Waals surface area contributed by atoms with Crippen molar-refractivity contribution < 1.29 is 14.6 Å². The van der Waals surface area contributed by atoms with Crippen LogP contribution in [-0.2, 0) is 9.47 Å². The van der Waals surface area contributed by atoms with Crippen molar-refractivity contribution in [3.63, 3.8) is 0 Å². The molecule has 0 unspecified atom stereocenters. The lowest BCUT2D eigenvalue weighted by Crippen LogP contribution is -2.15. The number of aromatic nitrogens is 3. The van der Waals surface area contributed by atoms with Gasteiger partial charge in [0.15, 0.2) is 12.5 Å². The van der Waals surface area contributed by atoms with Crippen molar-refractivity contribution in [1.82, 2.24) is 14.5 Å². The fraction of sp³-hybridized carbons (Fsp3) is 0.400. The highest BCUT2D eigenvalue weighted by molar-refractivity contribution is 5.74. The molecule has 0 radical (unpaired) electrons. The number of nitrogens with one attached hydrogen (secondary N) is 1. The van der Waals surface area contributed by atoms with Gasteiger partial charge in [0.2, 0.25) is 0 Å². The van der Waals surface area contributed by atoms with Gasteiger partial charge in [0, 0.05) is 6.20 Å². The number of nitrogens with zero attached hydrogens (tertiary/aromatic N) is 2. The summed E-state index contributed by atoms with van der Waals surface area (Å²) in [5, 5.41) is 9.41. The first kappa shape index (κ1) is 10.5. The zero-order valence-electron chi connectivity index (χ0n) is 8.87. The van der Waals surface area contributed by atoms with Crippen LogP contribution in [0.15, 0.2) is 23.4 Å². The summed E-state index contributed by atoms with van der Waals surface area (Å²) in [5.41, 5.74) is 0.354. The third-order valence-electron chi connectivity index (χ3n) is 2.71. The quantitative estimate of drug-likeness (QED) is 0.741. The van der Waals surface area contributed by atoms with Crippen LogP contribution < -0.4 is 5.56 Å². The second-order valence-corrected chi connectivity index (χ2v) is 3.73. The van der Waals surface area contributed by atoms with Crippen molar-refractivity contribution in [3.05, 3.63) is 28.9 Å². The molecule has 0 aliphatic carbocycles. The van der Waals surface area contributed by atoms with E-state index in [1.54, 1.807) is 16.8 Å². The predicted molar refractivity (Wildman–Crippen MR) is 57.3 cm³/mol. The van der Waals surface area contributed by atoms with E-state index in [0.29, 0.717) is 17.6 Å². The highest BCUT2D eigenvalue weighted by atomic mass is 16.7. The van der Waals surface area contributed by atoms with E-state index in [1.807, 2.05) is 0 Å². The van der Waals surface area contributed by atoms with Gasteiger partial charge in [-0.05, 0) is 6.07 Å². The first-order valence-electron chi connectivity index (χ1n) is 5.22. The Morgan fingerprint density at radius 3 is 3.29 bits per heavy atom. The van der Waals surface area contributed by atoms with Crippen LogP contribution in [0.2, 0.25) is 0 Å². The van der Waals surface area contributed by atoms with Gasteiger partial charge in [-0.25, -0.2) is 4.98 Å². The fourth-order valence-corrected chi connectivity index (χ4v) is 1.90. The van der Waals surface area contributed by atoms with E-state index in [-0.39, 0.29) is 18.4 Å². The van der Waals surface area contributed by atoms with E-state index >= 15 is 0 Å². The summed E-state index contributed by atoms with van der Waals surface area (Å²) >= 11 is 0. The molecule has 2 N–H and O–H groups in total. The second kappa shape index (κ2) is 3.95. The molecule has 0 bridgehead atoms.